The maximum Gasteiger partial charge on any atom is 0.130 e. The van der Waals surface area contributed by atoms with Crippen LogP contribution in [0.1, 0.15) is 22.3 Å². The molecular formula is C28H25NO2. The Hall–Kier alpha value is -3.90. The van der Waals surface area contributed by atoms with E-state index in [0.717, 1.165) is 27.8 Å². The Balaban J connectivity index is 1.59. The molecule has 3 nitrogen and oxygen atoms in total. The van der Waals surface area contributed by atoms with E-state index in [2.05, 4.69) is 41.0 Å². The minimum atomic E-state index is 0.105. The van der Waals surface area contributed by atoms with Crippen LogP contribution in [0, 0.1) is 11.8 Å². The quantitative estimate of drug-likeness (QED) is 0.439. The lowest BCUT2D eigenvalue weighted by Crippen LogP contribution is -2.08. The summed E-state index contributed by atoms with van der Waals surface area (Å²) in [5.74, 6) is 6.64. The van der Waals surface area contributed by atoms with Crippen molar-refractivity contribution in [3.8, 4) is 23.3 Å². The zero-order chi connectivity index (χ0) is 21.8. The molecule has 0 amide bonds. The molecule has 0 unspecified atom stereocenters. The van der Waals surface area contributed by atoms with Crippen molar-refractivity contribution >= 4 is 16.5 Å². The number of nitrogens with zero attached hydrogens (tertiary/aromatic N) is 1. The highest BCUT2D eigenvalue weighted by Crippen LogP contribution is 2.37. The first kappa shape index (κ1) is 20.4. The normalized spacial score (nSPS) is 10.5. The maximum atomic E-state index is 10.9. The fourth-order valence-electron chi connectivity index (χ4n) is 3.62. The molecule has 0 heterocycles. The zero-order valence-corrected chi connectivity index (χ0v) is 17.8. The van der Waals surface area contributed by atoms with Gasteiger partial charge in [0.1, 0.15) is 11.5 Å². The smallest absolute Gasteiger partial charge is 0.130 e. The third-order valence-corrected chi connectivity index (χ3v) is 5.40. The van der Waals surface area contributed by atoms with Gasteiger partial charge in [-0.15, -0.1) is 0 Å². The highest BCUT2D eigenvalue weighted by atomic mass is 16.3. The number of rotatable bonds is 4. The van der Waals surface area contributed by atoms with Crippen molar-refractivity contribution in [2.45, 2.75) is 12.8 Å². The Kier molecular flexibility index (Phi) is 5.82. The summed E-state index contributed by atoms with van der Waals surface area (Å²) in [4.78, 5) is 2.07. The molecule has 0 spiro atoms. The van der Waals surface area contributed by atoms with E-state index in [1.807, 2.05) is 62.6 Å². The number of fused-ring (bicyclic) bond motifs is 1. The average Bonchev–Trinajstić information content (AvgIpc) is 2.78. The molecule has 2 N–H and O–H groups in total. The van der Waals surface area contributed by atoms with Crippen LogP contribution in [0.5, 0.6) is 11.5 Å². The predicted molar refractivity (Wildman–Crippen MR) is 128 cm³/mol. The van der Waals surface area contributed by atoms with Gasteiger partial charge in [-0.05, 0) is 46.8 Å². The van der Waals surface area contributed by atoms with E-state index in [1.54, 1.807) is 6.07 Å². The second-order valence-electron chi connectivity index (χ2n) is 7.86. The molecule has 3 heteroatoms. The summed E-state index contributed by atoms with van der Waals surface area (Å²) in [5.41, 5.74) is 4.73. The summed E-state index contributed by atoms with van der Waals surface area (Å²) >= 11 is 0. The van der Waals surface area contributed by atoms with Gasteiger partial charge in [0.05, 0.1) is 0 Å². The molecule has 154 valence electrons. The Bertz CT molecular complexity index is 1260. The summed E-state index contributed by atoms with van der Waals surface area (Å²) < 4.78 is 0. The van der Waals surface area contributed by atoms with Crippen LogP contribution in [0.3, 0.4) is 0 Å². The summed E-state index contributed by atoms with van der Waals surface area (Å²) in [7, 11) is 4.05. The molecule has 0 fully saturated rings. The Morgan fingerprint density at radius 2 is 1.55 bits per heavy atom. The van der Waals surface area contributed by atoms with Crippen LogP contribution < -0.4 is 4.90 Å². The van der Waals surface area contributed by atoms with E-state index < -0.39 is 0 Å². The van der Waals surface area contributed by atoms with Crippen LogP contribution in [0.2, 0.25) is 0 Å². The fraction of sp³-hybridized carbons (Fsp3) is 0.143. The molecule has 0 aliphatic carbocycles. The van der Waals surface area contributed by atoms with Crippen LogP contribution in [0.15, 0.2) is 78.9 Å². The lowest BCUT2D eigenvalue weighted by atomic mass is 9.97. The molecule has 0 aliphatic heterocycles. The van der Waals surface area contributed by atoms with Gasteiger partial charge >= 0.3 is 0 Å². The topological polar surface area (TPSA) is 43.7 Å². The van der Waals surface area contributed by atoms with Crippen LogP contribution in [0.4, 0.5) is 5.69 Å². The first-order chi connectivity index (χ1) is 15.0. The minimum Gasteiger partial charge on any atom is -0.507 e. The number of phenolic OH excluding ortho intramolecular Hbond substituents is 2. The summed E-state index contributed by atoms with van der Waals surface area (Å²) in [5, 5.41) is 22.8. The largest absolute Gasteiger partial charge is 0.507 e. The van der Waals surface area contributed by atoms with E-state index in [-0.39, 0.29) is 11.5 Å². The van der Waals surface area contributed by atoms with Gasteiger partial charge in [0.2, 0.25) is 0 Å². The van der Waals surface area contributed by atoms with Crippen LogP contribution in [-0.2, 0) is 12.8 Å². The summed E-state index contributed by atoms with van der Waals surface area (Å²) in [6.45, 7) is 0. The van der Waals surface area contributed by atoms with E-state index in [9.17, 15) is 10.2 Å². The minimum absolute atomic E-state index is 0.105. The van der Waals surface area contributed by atoms with E-state index in [4.69, 9.17) is 0 Å². The van der Waals surface area contributed by atoms with Crippen molar-refractivity contribution < 1.29 is 10.2 Å². The first-order valence-corrected chi connectivity index (χ1v) is 10.3. The van der Waals surface area contributed by atoms with Gasteiger partial charge in [-0.2, -0.15) is 0 Å². The second-order valence-corrected chi connectivity index (χ2v) is 7.86. The molecule has 0 saturated heterocycles. The van der Waals surface area contributed by atoms with Crippen molar-refractivity contribution in [1.29, 1.82) is 0 Å². The Morgan fingerprint density at radius 1 is 0.806 bits per heavy atom. The lowest BCUT2D eigenvalue weighted by molar-refractivity contribution is 0.445. The number of hydrogen-bond acceptors (Lipinski definition) is 3. The van der Waals surface area contributed by atoms with Crippen molar-refractivity contribution in [3.05, 3.63) is 101 Å². The van der Waals surface area contributed by atoms with Gasteiger partial charge in [-0.3, -0.25) is 0 Å². The highest BCUT2D eigenvalue weighted by Gasteiger charge is 2.13. The number of hydrogen-bond donors (Lipinski definition) is 2. The van der Waals surface area contributed by atoms with Crippen molar-refractivity contribution in [1.82, 2.24) is 0 Å². The van der Waals surface area contributed by atoms with E-state index in [0.29, 0.717) is 23.8 Å². The first-order valence-electron chi connectivity index (χ1n) is 10.3. The van der Waals surface area contributed by atoms with Crippen molar-refractivity contribution in [2.24, 2.45) is 0 Å². The average molecular weight is 408 g/mol. The Labute approximate surface area is 183 Å². The SMILES string of the molecule is CN(C)c1ccc(CC#Cc2ccc3cc(O)c(Cc4ccccc4)c(O)c3c2)cc1. The van der Waals surface area contributed by atoms with Crippen molar-refractivity contribution in [2.75, 3.05) is 19.0 Å². The molecule has 0 saturated carbocycles. The van der Waals surface area contributed by atoms with Crippen LogP contribution >= 0.6 is 0 Å². The third-order valence-electron chi connectivity index (χ3n) is 5.40. The molecule has 0 radical (unpaired) electrons. The van der Waals surface area contributed by atoms with Gasteiger partial charge in [-0.1, -0.05) is 60.4 Å². The van der Waals surface area contributed by atoms with Gasteiger partial charge in [-0.25, -0.2) is 0 Å². The van der Waals surface area contributed by atoms with Gasteiger partial charge in [0.15, 0.2) is 0 Å². The van der Waals surface area contributed by atoms with Crippen LogP contribution in [-0.4, -0.2) is 24.3 Å². The number of anilines is 1. The maximum absolute atomic E-state index is 10.9. The van der Waals surface area contributed by atoms with E-state index in [1.165, 1.54) is 0 Å². The van der Waals surface area contributed by atoms with Gasteiger partial charge in [0, 0.05) is 49.1 Å². The highest BCUT2D eigenvalue weighted by molar-refractivity contribution is 5.92. The van der Waals surface area contributed by atoms with Crippen LogP contribution in [0.25, 0.3) is 10.8 Å². The summed E-state index contributed by atoms with van der Waals surface area (Å²) in [6.07, 6.45) is 1.12. The molecule has 4 rings (SSSR count). The summed E-state index contributed by atoms with van der Waals surface area (Å²) in [6, 6.07) is 25.6. The molecule has 0 atom stereocenters. The number of phenols is 2. The molecular weight excluding hydrogens is 382 g/mol. The molecule has 4 aromatic carbocycles. The molecule has 31 heavy (non-hydrogen) atoms. The third kappa shape index (κ3) is 4.65. The van der Waals surface area contributed by atoms with E-state index >= 15 is 0 Å². The molecule has 4 aromatic rings. The zero-order valence-electron chi connectivity index (χ0n) is 17.8. The Morgan fingerprint density at radius 3 is 2.26 bits per heavy atom. The number of benzene rings is 4. The lowest BCUT2D eigenvalue weighted by Gasteiger charge is -2.12. The predicted octanol–water partition coefficient (Wildman–Crippen LogP) is 5.50. The van der Waals surface area contributed by atoms with Gasteiger partial charge in [0.25, 0.3) is 0 Å². The number of aromatic hydroxyl groups is 2. The van der Waals surface area contributed by atoms with Gasteiger partial charge < -0.3 is 15.1 Å². The molecule has 0 aromatic heterocycles. The molecule has 0 aliphatic rings. The monoisotopic (exact) mass is 407 g/mol. The molecule has 0 bridgehead atoms. The standard InChI is InChI=1S/C28H25NO2/c1-29(2)24-15-12-20(13-16-24)9-6-10-22-11-14-23-19-27(30)26(28(31)25(23)17-22)18-21-7-4-3-5-8-21/h3-5,7-8,11-17,19,30-31H,9,18H2,1-2H3. The fourth-order valence-corrected chi connectivity index (χ4v) is 3.62. The van der Waals surface area contributed by atoms with Crippen molar-refractivity contribution in [3.63, 3.8) is 0 Å². The second kappa shape index (κ2) is 8.85.